The van der Waals surface area contributed by atoms with Gasteiger partial charge in [-0.2, -0.15) is 0 Å². The minimum atomic E-state index is -0.426. The Bertz CT molecular complexity index is 692. The van der Waals surface area contributed by atoms with Crippen LogP contribution in [0.5, 0.6) is 0 Å². The van der Waals surface area contributed by atoms with Crippen molar-refractivity contribution in [1.29, 1.82) is 0 Å². The molecule has 2 aromatic heterocycles. The van der Waals surface area contributed by atoms with E-state index in [4.69, 9.17) is 15.0 Å². The zero-order valence-electron chi connectivity index (χ0n) is 12.9. The summed E-state index contributed by atoms with van der Waals surface area (Å²) in [6.45, 7) is 8.30. The molecule has 0 aliphatic carbocycles. The summed E-state index contributed by atoms with van der Waals surface area (Å²) >= 11 is 0. The van der Waals surface area contributed by atoms with Crippen molar-refractivity contribution in [2.75, 3.05) is 5.73 Å². The van der Waals surface area contributed by atoms with Crippen LogP contribution in [-0.4, -0.2) is 28.3 Å². The molecule has 2 N–H and O–H groups in total. The standard InChI is InChI=1S/C15H20BN3O2/c1-5-15(4)14(2,3)20-16(21-15)10-8-12-11(18-9-10)6-7-13(17)19-12/h6-9H,5H2,1-4H3,(H2,17,19). The molecule has 0 saturated carbocycles. The number of rotatable bonds is 2. The Morgan fingerprint density at radius 2 is 1.95 bits per heavy atom. The number of fused-ring (bicyclic) bond motifs is 1. The molecule has 3 rings (SSSR count). The van der Waals surface area contributed by atoms with Gasteiger partial charge in [-0.3, -0.25) is 4.98 Å². The van der Waals surface area contributed by atoms with Gasteiger partial charge < -0.3 is 15.0 Å². The van der Waals surface area contributed by atoms with Gasteiger partial charge in [-0.25, -0.2) is 4.98 Å². The molecule has 5 nitrogen and oxygen atoms in total. The summed E-state index contributed by atoms with van der Waals surface area (Å²) < 4.78 is 12.3. The second-order valence-corrected chi connectivity index (χ2v) is 6.21. The van der Waals surface area contributed by atoms with E-state index >= 15 is 0 Å². The molecule has 1 unspecified atom stereocenters. The summed E-state index contributed by atoms with van der Waals surface area (Å²) in [5, 5.41) is 0. The second-order valence-electron chi connectivity index (χ2n) is 6.21. The largest absolute Gasteiger partial charge is 0.496 e. The number of hydrogen-bond donors (Lipinski definition) is 1. The third-order valence-corrected chi connectivity index (χ3v) is 4.57. The number of aromatic nitrogens is 2. The van der Waals surface area contributed by atoms with Gasteiger partial charge in [0.2, 0.25) is 0 Å². The molecule has 2 aromatic rings. The van der Waals surface area contributed by atoms with Gasteiger partial charge in [0.05, 0.1) is 22.2 Å². The van der Waals surface area contributed by atoms with Crippen molar-refractivity contribution in [3.05, 3.63) is 24.4 Å². The summed E-state index contributed by atoms with van der Waals surface area (Å²) in [6.07, 6.45) is 2.66. The number of hydrogen-bond acceptors (Lipinski definition) is 5. The van der Waals surface area contributed by atoms with Crippen LogP contribution in [0.25, 0.3) is 11.0 Å². The summed E-state index contributed by atoms with van der Waals surface area (Å²) in [6, 6.07) is 5.54. The fraction of sp³-hybridized carbons (Fsp3) is 0.467. The molecule has 0 spiro atoms. The zero-order chi connectivity index (χ0) is 15.3. The molecule has 6 heteroatoms. The van der Waals surface area contributed by atoms with Gasteiger partial charge in [-0.15, -0.1) is 0 Å². The van der Waals surface area contributed by atoms with Gasteiger partial charge in [0.15, 0.2) is 0 Å². The van der Waals surface area contributed by atoms with E-state index in [2.05, 4.69) is 37.7 Å². The third-order valence-electron chi connectivity index (χ3n) is 4.57. The van der Waals surface area contributed by atoms with Crippen molar-refractivity contribution in [2.24, 2.45) is 0 Å². The van der Waals surface area contributed by atoms with Crippen LogP contribution in [0.2, 0.25) is 0 Å². The minimum absolute atomic E-state index is 0.324. The molecular weight excluding hydrogens is 265 g/mol. The molecule has 1 aliphatic heterocycles. The number of anilines is 1. The zero-order valence-corrected chi connectivity index (χ0v) is 12.9. The average Bonchev–Trinajstić information content (AvgIpc) is 2.69. The van der Waals surface area contributed by atoms with Crippen molar-refractivity contribution >= 4 is 29.4 Å². The fourth-order valence-corrected chi connectivity index (χ4v) is 2.61. The van der Waals surface area contributed by atoms with Crippen LogP contribution in [0.3, 0.4) is 0 Å². The topological polar surface area (TPSA) is 70.3 Å². The maximum absolute atomic E-state index is 6.16. The molecule has 1 aliphatic rings. The van der Waals surface area contributed by atoms with Crippen molar-refractivity contribution in [3.8, 4) is 0 Å². The van der Waals surface area contributed by atoms with Gasteiger partial charge >= 0.3 is 7.12 Å². The Labute approximate surface area is 125 Å². The highest BCUT2D eigenvalue weighted by Gasteiger charge is 2.53. The minimum Gasteiger partial charge on any atom is -0.399 e. The molecular formula is C15H20BN3O2. The highest BCUT2D eigenvalue weighted by Crippen LogP contribution is 2.39. The van der Waals surface area contributed by atoms with Crippen LogP contribution in [-0.2, 0) is 9.31 Å². The van der Waals surface area contributed by atoms with E-state index in [1.54, 1.807) is 12.3 Å². The van der Waals surface area contributed by atoms with Crippen molar-refractivity contribution < 1.29 is 9.31 Å². The molecule has 1 fully saturated rings. The normalized spacial score (nSPS) is 24.7. The van der Waals surface area contributed by atoms with Crippen LogP contribution >= 0.6 is 0 Å². The molecule has 110 valence electrons. The Hall–Kier alpha value is -1.66. The molecule has 3 heterocycles. The number of pyridine rings is 2. The van der Waals surface area contributed by atoms with E-state index in [1.165, 1.54) is 0 Å². The molecule has 1 atom stereocenters. The number of nitrogens with two attached hydrogens (primary N) is 1. The highest BCUT2D eigenvalue weighted by atomic mass is 16.7. The average molecular weight is 285 g/mol. The van der Waals surface area contributed by atoms with E-state index in [0.717, 1.165) is 22.9 Å². The maximum atomic E-state index is 6.16. The maximum Gasteiger partial charge on any atom is 0.496 e. The SMILES string of the molecule is CCC1(C)OB(c2cnc3ccc(N)nc3c2)OC1(C)C. The summed E-state index contributed by atoms with van der Waals surface area (Å²) in [7, 11) is -0.426. The van der Waals surface area contributed by atoms with E-state index in [1.807, 2.05) is 12.1 Å². The molecule has 1 saturated heterocycles. The Morgan fingerprint density at radius 3 is 2.62 bits per heavy atom. The van der Waals surface area contributed by atoms with Crippen molar-refractivity contribution in [2.45, 2.75) is 45.3 Å². The van der Waals surface area contributed by atoms with Crippen LogP contribution < -0.4 is 11.2 Å². The lowest BCUT2D eigenvalue weighted by atomic mass is 9.80. The van der Waals surface area contributed by atoms with Crippen LogP contribution in [0.15, 0.2) is 24.4 Å². The third kappa shape index (κ3) is 2.28. The number of nitrogens with zero attached hydrogens (tertiary/aromatic N) is 2. The van der Waals surface area contributed by atoms with E-state index < -0.39 is 7.12 Å². The first-order valence-corrected chi connectivity index (χ1v) is 7.22. The quantitative estimate of drug-likeness (QED) is 0.853. The van der Waals surface area contributed by atoms with Crippen LogP contribution in [0.1, 0.15) is 34.1 Å². The lowest BCUT2D eigenvalue weighted by molar-refractivity contribution is -0.0118. The van der Waals surface area contributed by atoms with Crippen LogP contribution in [0, 0.1) is 0 Å². The fourth-order valence-electron chi connectivity index (χ4n) is 2.61. The van der Waals surface area contributed by atoms with E-state index in [0.29, 0.717) is 5.82 Å². The monoisotopic (exact) mass is 285 g/mol. The summed E-state index contributed by atoms with van der Waals surface area (Å²) in [4.78, 5) is 8.71. The Morgan fingerprint density at radius 1 is 1.19 bits per heavy atom. The molecule has 0 aromatic carbocycles. The summed E-state index contributed by atoms with van der Waals surface area (Å²) in [5.41, 5.74) is 7.48. The van der Waals surface area contributed by atoms with Crippen LogP contribution in [0.4, 0.5) is 5.82 Å². The predicted molar refractivity (Wildman–Crippen MR) is 84.3 cm³/mol. The first-order chi connectivity index (χ1) is 9.84. The van der Waals surface area contributed by atoms with Gasteiger partial charge in [0.1, 0.15) is 5.82 Å². The first kappa shape index (κ1) is 14.3. The molecule has 0 radical (unpaired) electrons. The number of nitrogen functional groups attached to an aromatic ring is 1. The second kappa shape index (κ2) is 4.68. The smallest absolute Gasteiger partial charge is 0.399 e. The Kier molecular flexibility index (Phi) is 3.18. The lowest BCUT2D eigenvalue weighted by Gasteiger charge is -2.35. The molecule has 0 amide bonds. The Balaban J connectivity index is 1.98. The van der Waals surface area contributed by atoms with Gasteiger partial charge in [-0.05, 0) is 45.4 Å². The lowest BCUT2D eigenvalue weighted by Crippen LogP contribution is -2.44. The first-order valence-electron chi connectivity index (χ1n) is 7.22. The van der Waals surface area contributed by atoms with Gasteiger partial charge in [0.25, 0.3) is 0 Å². The highest BCUT2D eigenvalue weighted by molar-refractivity contribution is 6.62. The van der Waals surface area contributed by atoms with Gasteiger partial charge in [-0.1, -0.05) is 6.92 Å². The molecule has 0 bridgehead atoms. The van der Waals surface area contributed by atoms with Crippen molar-refractivity contribution in [3.63, 3.8) is 0 Å². The van der Waals surface area contributed by atoms with E-state index in [-0.39, 0.29) is 11.2 Å². The van der Waals surface area contributed by atoms with Gasteiger partial charge in [0, 0.05) is 11.7 Å². The van der Waals surface area contributed by atoms with E-state index in [9.17, 15) is 0 Å². The van der Waals surface area contributed by atoms with Crippen molar-refractivity contribution in [1.82, 2.24) is 9.97 Å². The molecule has 21 heavy (non-hydrogen) atoms. The predicted octanol–water partition coefficient (Wildman–Crippen LogP) is 1.90. The summed E-state index contributed by atoms with van der Waals surface area (Å²) in [5.74, 6) is 0.480.